The molecular weight excluding hydrogens is 370 g/mol. The predicted molar refractivity (Wildman–Crippen MR) is 131 cm³/mol. The number of carbonyl (C=O) groups is 1. The summed E-state index contributed by atoms with van der Waals surface area (Å²) in [4.78, 5) is 11.8. The van der Waals surface area contributed by atoms with Crippen molar-refractivity contribution >= 4 is 5.78 Å². The Morgan fingerprint density at radius 1 is 0.700 bits per heavy atom. The highest BCUT2D eigenvalue weighted by Gasteiger charge is 2.27. The molecule has 0 rings (SSSR count). The van der Waals surface area contributed by atoms with E-state index < -0.39 is 11.5 Å². The molecule has 30 heavy (non-hydrogen) atoms. The second-order valence-corrected chi connectivity index (χ2v) is 7.63. The first-order valence-electron chi connectivity index (χ1n) is 11.6. The van der Waals surface area contributed by atoms with Crippen molar-refractivity contribution in [2.24, 2.45) is 5.73 Å². The average Bonchev–Trinajstić information content (AvgIpc) is 2.73. The molecule has 0 amide bonds. The summed E-state index contributed by atoms with van der Waals surface area (Å²) in [6.45, 7) is 4.25. The van der Waals surface area contributed by atoms with Crippen LogP contribution in [0.15, 0.2) is 72.9 Å². The van der Waals surface area contributed by atoms with Gasteiger partial charge < -0.3 is 5.11 Å². The summed E-state index contributed by atoms with van der Waals surface area (Å²) in [5.41, 5.74) is 3.87. The van der Waals surface area contributed by atoms with Crippen molar-refractivity contribution in [3.63, 3.8) is 0 Å². The number of nitrogens with two attached hydrogens (primary N) is 1. The Hall–Kier alpha value is -1.97. The summed E-state index contributed by atoms with van der Waals surface area (Å²) in [5, 5.41) is 9.88. The van der Waals surface area contributed by atoms with Gasteiger partial charge in [-0.05, 0) is 31.8 Å². The quantitative estimate of drug-likeness (QED) is 0.111. The van der Waals surface area contributed by atoms with Gasteiger partial charge in [0.25, 0.3) is 0 Å². The van der Waals surface area contributed by atoms with Gasteiger partial charge in [0.1, 0.15) is 0 Å². The number of hydrogen-bond donors (Lipinski definition) is 2. The fourth-order valence-electron chi connectivity index (χ4n) is 2.76. The maximum Gasteiger partial charge on any atom is 0.201 e. The van der Waals surface area contributed by atoms with Gasteiger partial charge in [-0.1, -0.05) is 126 Å². The number of hydrogen-bond acceptors (Lipinski definition) is 3. The molecule has 0 radical (unpaired) electrons. The molecule has 0 aromatic heterocycles. The summed E-state index contributed by atoms with van der Waals surface area (Å²) < 4.78 is 0. The molecule has 0 aliphatic heterocycles. The molecule has 0 saturated carbocycles. The van der Waals surface area contributed by atoms with E-state index in [2.05, 4.69) is 19.1 Å². The second kappa shape index (κ2) is 20.3. The molecule has 0 heterocycles. The van der Waals surface area contributed by atoms with E-state index in [0.29, 0.717) is 0 Å². The van der Waals surface area contributed by atoms with Gasteiger partial charge in [-0.2, -0.15) is 0 Å². The minimum Gasteiger partial charge on any atom is -0.369 e. The first-order chi connectivity index (χ1) is 14.5. The van der Waals surface area contributed by atoms with E-state index in [1.54, 1.807) is 12.2 Å². The highest BCUT2D eigenvalue weighted by atomic mass is 16.3. The molecule has 0 spiro atoms. The van der Waals surface area contributed by atoms with Crippen LogP contribution in [0.3, 0.4) is 0 Å². The van der Waals surface area contributed by atoms with Crippen molar-refractivity contribution in [3.8, 4) is 0 Å². The smallest absolute Gasteiger partial charge is 0.201 e. The Morgan fingerprint density at radius 2 is 1.17 bits per heavy atom. The molecule has 0 aromatic rings. The van der Waals surface area contributed by atoms with Crippen molar-refractivity contribution in [1.29, 1.82) is 0 Å². The Labute approximate surface area is 184 Å². The molecule has 168 valence electrons. The monoisotopic (exact) mass is 413 g/mol. The third-order valence-corrected chi connectivity index (χ3v) is 4.70. The number of rotatable bonds is 18. The van der Waals surface area contributed by atoms with Gasteiger partial charge in [0.15, 0.2) is 5.72 Å². The van der Waals surface area contributed by atoms with E-state index in [1.165, 1.54) is 51.0 Å². The maximum atomic E-state index is 11.8. The minimum atomic E-state index is -1.76. The van der Waals surface area contributed by atoms with Crippen molar-refractivity contribution in [2.75, 3.05) is 0 Å². The fourth-order valence-corrected chi connectivity index (χ4v) is 2.76. The highest BCUT2D eigenvalue weighted by molar-refractivity contribution is 5.96. The third kappa shape index (κ3) is 18.1. The van der Waals surface area contributed by atoms with E-state index in [4.69, 9.17) is 5.73 Å². The zero-order chi connectivity index (χ0) is 22.3. The summed E-state index contributed by atoms with van der Waals surface area (Å²) in [5.74, 6) is -0.463. The molecule has 3 N–H and O–H groups in total. The van der Waals surface area contributed by atoms with Crippen LogP contribution in [0, 0.1) is 0 Å². The molecule has 0 fully saturated rings. The van der Waals surface area contributed by atoms with Crippen LogP contribution >= 0.6 is 0 Å². The van der Waals surface area contributed by atoms with Crippen LogP contribution in [-0.4, -0.2) is 16.6 Å². The van der Waals surface area contributed by atoms with E-state index in [0.717, 1.165) is 19.3 Å². The van der Waals surface area contributed by atoms with Gasteiger partial charge in [0.2, 0.25) is 5.78 Å². The maximum absolute atomic E-state index is 11.8. The summed E-state index contributed by atoms with van der Waals surface area (Å²) in [6.07, 6.45) is 35.1. The molecule has 3 nitrogen and oxygen atoms in total. The molecule has 0 aliphatic rings. The summed E-state index contributed by atoms with van der Waals surface area (Å²) in [7, 11) is 0. The van der Waals surface area contributed by atoms with Gasteiger partial charge >= 0.3 is 0 Å². The van der Waals surface area contributed by atoms with Crippen LogP contribution < -0.4 is 5.73 Å². The molecule has 0 aliphatic carbocycles. The number of allylic oxidation sites excluding steroid dienone is 11. The van der Waals surface area contributed by atoms with Crippen molar-refractivity contribution in [3.05, 3.63) is 72.9 Å². The SMILES string of the molecule is CCCCCCCCC/C=C/C=C/C=C/C=C/C=C/C=C/C(=O)C(N)(O)CCCC. The lowest BCUT2D eigenvalue weighted by Gasteiger charge is -2.19. The Kier molecular flexibility index (Phi) is 19.0. The normalized spacial score (nSPS) is 15.1. The van der Waals surface area contributed by atoms with Crippen LogP contribution in [0.25, 0.3) is 0 Å². The molecule has 1 atom stereocenters. The first kappa shape index (κ1) is 28.0. The average molecular weight is 414 g/mol. The standard InChI is InChI=1S/C27H43NO2/c1-3-5-7-8-9-10-11-12-13-14-15-16-17-18-19-20-21-22-23-24-26(29)27(28,30)25-6-4-2/h13-24,30H,3-12,25,28H2,1-2H3/b14-13+,16-15+,18-17+,20-19+,22-21+,24-23+. The van der Waals surface area contributed by atoms with E-state index in [-0.39, 0.29) is 6.42 Å². The zero-order valence-corrected chi connectivity index (χ0v) is 19.1. The molecule has 1 unspecified atom stereocenters. The molecule has 0 bridgehead atoms. The largest absolute Gasteiger partial charge is 0.369 e. The lowest BCUT2D eigenvalue weighted by atomic mass is 10.0. The lowest BCUT2D eigenvalue weighted by molar-refractivity contribution is -0.132. The van der Waals surface area contributed by atoms with Crippen molar-refractivity contribution in [2.45, 2.75) is 90.2 Å². The molecular formula is C27H43NO2. The van der Waals surface area contributed by atoms with Crippen molar-refractivity contribution in [1.82, 2.24) is 0 Å². The highest BCUT2D eigenvalue weighted by Crippen LogP contribution is 2.10. The fraction of sp³-hybridized carbons (Fsp3) is 0.519. The van der Waals surface area contributed by atoms with E-state index >= 15 is 0 Å². The van der Waals surface area contributed by atoms with Crippen LogP contribution in [0.1, 0.15) is 84.5 Å². The van der Waals surface area contributed by atoms with Crippen LogP contribution in [-0.2, 0) is 4.79 Å². The number of unbranched alkanes of at least 4 members (excludes halogenated alkanes) is 8. The summed E-state index contributed by atoms with van der Waals surface area (Å²) >= 11 is 0. The Morgan fingerprint density at radius 3 is 1.73 bits per heavy atom. The van der Waals surface area contributed by atoms with Gasteiger partial charge in [-0.3, -0.25) is 10.5 Å². The minimum absolute atomic E-state index is 0.281. The Balaban J connectivity index is 3.88. The lowest BCUT2D eigenvalue weighted by Crippen LogP contribution is -2.46. The zero-order valence-electron chi connectivity index (χ0n) is 19.1. The molecule has 3 heteroatoms. The van der Waals surface area contributed by atoms with Gasteiger partial charge in [-0.15, -0.1) is 0 Å². The van der Waals surface area contributed by atoms with Gasteiger partial charge in [0, 0.05) is 0 Å². The van der Waals surface area contributed by atoms with Crippen LogP contribution in [0.2, 0.25) is 0 Å². The first-order valence-corrected chi connectivity index (χ1v) is 11.6. The van der Waals surface area contributed by atoms with Crippen LogP contribution in [0.4, 0.5) is 0 Å². The van der Waals surface area contributed by atoms with E-state index in [1.807, 2.05) is 49.5 Å². The number of ketones is 1. The predicted octanol–water partition coefficient (Wildman–Crippen LogP) is 6.87. The summed E-state index contributed by atoms with van der Waals surface area (Å²) in [6, 6.07) is 0. The number of aliphatic hydroxyl groups is 1. The third-order valence-electron chi connectivity index (χ3n) is 4.70. The van der Waals surface area contributed by atoms with Gasteiger partial charge in [-0.25, -0.2) is 0 Å². The van der Waals surface area contributed by atoms with Crippen molar-refractivity contribution < 1.29 is 9.90 Å². The number of carbonyl (C=O) groups excluding carboxylic acids is 1. The molecule has 0 saturated heterocycles. The van der Waals surface area contributed by atoms with Crippen LogP contribution in [0.5, 0.6) is 0 Å². The van der Waals surface area contributed by atoms with Gasteiger partial charge in [0.05, 0.1) is 0 Å². The van der Waals surface area contributed by atoms with E-state index in [9.17, 15) is 9.90 Å². The molecule has 0 aromatic carbocycles. The topological polar surface area (TPSA) is 63.3 Å². The Bertz CT molecular complexity index is 592. The second-order valence-electron chi connectivity index (χ2n) is 7.63.